The molecule has 7 heteroatoms. The van der Waals surface area contributed by atoms with E-state index in [9.17, 15) is 4.79 Å². The van der Waals surface area contributed by atoms with Crippen LogP contribution in [0.5, 0.6) is 0 Å². The van der Waals surface area contributed by atoms with Crippen molar-refractivity contribution in [2.75, 3.05) is 17.7 Å². The van der Waals surface area contributed by atoms with Crippen molar-refractivity contribution >= 4 is 17.5 Å². The number of nitrogens with zero attached hydrogens (tertiary/aromatic N) is 2. The molecule has 19 heavy (non-hydrogen) atoms. The van der Waals surface area contributed by atoms with Crippen molar-refractivity contribution in [3.63, 3.8) is 0 Å². The Bertz CT molecular complexity index is 448. The lowest BCUT2D eigenvalue weighted by Gasteiger charge is -2.25. The van der Waals surface area contributed by atoms with Crippen LogP contribution < -0.4 is 16.8 Å². The molecule has 0 bridgehead atoms. The van der Waals surface area contributed by atoms with Crippen LogP contribution in [0.15, 0.2) is 6.07 Å². The van der Waals surface area contributed by atoms with E-state index in [0.29, 0.717) is 30.7 Å². The Morgan fingerprint density at radius 3 is 2.74 bits per heavy atom. The number of hydrogen-bond acceptors (Lipinski definition) is 6. The number of primary amides is 1. The fourth-order valence-corrected chi connectivity index (χ4v) is 1.67. The summed E-state index contributed by atoms with van der Waals surface area (Å²) in [6.07, 6.45) is 0.192. The first-order chi connectivity index (χ1) is 8.82. The summed E-state index contributed by atoms with van der Waals surface area (Å²) in [5, 5.41) is 3.12. The van der Waals surface area contributed by atoms with Gasteiger partial charge in [0.15, 0.2) is 5.82 Å². The normalized spacial score (nSPS) is 11.3. The Kier molecular flexibility index (Phi) is 5.05. The SMILES string of the molecule is CCOCc1nc(N)cc(NC(C)(C)CC(N)=O)n1. The zero-order valence-corrected chi connectivity index (χ0v) is 11.6. The summed E-state index contributed by atoms with van der Waals surface area (Å²) in [6, 6.07) is 1.61. The Morgan fingerprint density at radius 1 is 1.47 bits per heavy atom. The number of carbonyl (C=O) groups excluding carboxylic acids is 1. The van der Waals surface area contributed by atoms with Gasteiger partial charge in [-0.25, -0.2) is 9.97 Å². The molecule has 106 valence electrons. The van der Waals surface area contributed by atoms with E-state index in [1.807, 2.05) is 20.8 Å². The maximum atomic E-state index is 11.0. The number of rotatable bonds is 7. The molecule has 1 rings (SSSR count). The van der Waals surface area contributed by atoms with E-state index >= 15 is 0 Å². The number of ether oxygens (including phenoxy) is 1. The van der Waals surface area contributed by atoms with Crippen LogP contribution >= 0.6 is 0 Å². The summed E-state index contributed by atoms with van der Waals surface area (Å²) in [4.78, 5) is 19.3. The van der Waals surface area contributed by atoms with Gasteiger partial charge in [0.1, 0.15) is 18.2 Å². The molecule has 0 radical (unpaired) electrons. The molecule has 0 aromatic carbocycles. The summed E-state index contributed by atoms with van der Waals surface area (Å²) in [6.45, 7) is 6.48. The standard InChI is InChI=1S/C12H21N5O2/c1-4-19-7-11-15-8(13)5-10(16-11)17-12(2,3)6-9(14)18/h5H,4,6-7H2,1-3H3,(H2,14,18)(H3,13,15,16,17). The third-order valence-electron chi connectivity index (χ3n) is 2.31. The highest BCUT2D eigenvalue weighted by atomic mass is 16.5. The highest BCUT2D eigenvalue weighted by molar-refractivity contribution is 5.75. The van der Waals surface area contributed by atoms with Gasteiger partial charge in [-0.2, -0.15) is 0 Å². The predicted octanol–water partition coefficient (Wildman–Crippen LogP) is 0.661. The molecule has 7 nitrogen and oxygen atoms in total. The van der Waals surface area contributed by atoms with Crippen LogP contribution in [0.2, 0.25) is 0 Å². The van der Waals surface area contributed by atoms with Crippen LogP contribution in [0.3, 0.4) is 0 Å². The number of aromatic nitrogens is 2. The molecule has 0 atom stereocenters. The van der Waals surface area contributed by atoms with Crippen molar-refractivity contribution in [2.45, 2.75) is 39.3 Å². The summed E-state index contributed by atoms with van der Waals surface area (Å²) in [5.74, 6) is 1.02. The number of carbonyl (C=O) groups is 1. The Hall–Kier alpha value is -1.89. The maximum absolute atomic E-state index is 11.0. The van der Waals surface area contributed by atoms with E-state index in [4.69, 9.17) is 16.2 Å². The summed E-state index contributed by atoms with van der Waals surface area (Å²) < 4.78 is 5.24. The molecular formula is C12H21N5O2. The number of anilines is 2. The van der Waals surface area contributed by atoms with Gasteiger partial charge in [-0.15, -0.1) is 0 Å². The molecule has 0 saturated heterocycles. The second-order valence-corrected chi connectivity index (χ2v) is 4.88. The third-order valence-corrected chi connectivity index (χ3v) is 2.31. The topological polar surface area (TPSA) is 116 Å². The van der Waals surface area contributed by atoms with Gasteiger partial charge >= 0.3 is 0 Å². The minimum Gasteiger partial charge on any atom is -0.384 e. The van der Waals surface area contributed by atoms with E-state index in [2.05, 4.69) is 15.3 Å². The highest BCUT2D eigenvalue weighted by Crippen LogP contribution is 2.18. The Labute approximate surface area is 112 Å². The zero-order valence-electron chi connectivity index (χ0n) is 11.6. The molecule has 1 aromatic heterocycles. The second-order valence-electron chi connectivity index (χ2n) is 4.88. The van der Waals surface area contributed by atoms with Crippen molar-refractivity contribution in [1.82, 2.24) is 9.97 Å². The molecule has 0 aliphatic heterocycles. The van der Waals surface area contributed by atoms with Crippen LogP contribution in [0.1, 0.15) is 33.0 Å². The Balaban J connectivity index is 2.82. The largest absolute Gasteiger partial charge is 0.384 e. The van der Waals surface area contributed by atoms with Crippen LogP contribution in [-0.2, 0) is 16.1 Å². The van der Waals surface area contributed by atoms with Gasteiger partial charge in [-0.05, 0) is 20.8 Å². The average Bonchev–Trinajstić information content (AvgIpc) is 2.22. The van der Waals surface area contributed by atoms with Crippen LogP contribution in [-0.4, -0.2) is 28.0 Å². The lowest BCUT2D eigenvalue weighted by Crippen LogP contribution is -2.36. The zero-order chi connectivity index (χ0) is 14.5. The number of nitrogens with one attached hydrogen (secondary N) is 1. The monoisotopic (exact) mass is 267 g/mol. The quantitative estimate of drug-likeness (QED) is 0.668. The summed E-state index contributed by atoms with van der Waals surface area (Å²) in [7, 11) is 0. The lowest BCUT2D eigenvalue weighted by molar-refractivity contribution is -0.118. The van der Waals surface area contributed by atoms with Crippen LogP contribution in [0.4, 0.5) is 11.6 Å². The molecule has 0 fully saturated rings. The first-order valence-corrected chi connectivity index (χ1v) is 6.10. The molecular weight excluding hydrogens is 246 g/mol. The maximum Gasteiger partial charge on any atom is 0.219 e. The highest BCUT2D eigenvalue weighted by Gasteiger charge is 2.21. The molecule has 5 N–H and O–H groups in total. The lowest BCUT2D eigenvalue weighted by atomic mass is 10.0. The van der Waals surface area contributed by atoms with Crippen molar-refractivity contribution in [3.05, 3.63) is 11.9 Å². The first kappa shape index (κ1) is 15.2. The van der Waals surface area contributed by atoms with Gasteiger partial charge in [0.25, 0.3) is 0 Å². The van der Waals surface area contributed by atoms with Gasteiger partial charge in [-0.3, -0.25) is 4.79 Å². The molecule has 0 saturated carbocycles. The second kappa shape index (κ2) is 6.33. The Morgan fingerprint density at radius 2 is 2.16 bits per heavy atom. The van der Waals surface area contributed by atoms with E-state index in [-0.39, 0.29) is 12.3 Å². The van der Waals surface area contributed by atoms with Crippen molar-refractivity contribution < 1.29 is 9.53 Å². The predicted molar refractivity (Wildman–Crippen MR) is 73.3 cm³/mol. The van der Waals surface area contributed by atoms with Gasteiger partial charge in [0.2, 0.25) is 5.91 Å². The van der Waals surface area contributed by atoms with Gasteiger partial charge in [0, 0.05) is 24.6 Å². The van der Waals surface area contributed by atoms with Gasteiger partial charge < -0.3 is 21.5 Å². The number of amides is 1. The van der Waals surface area contributed by atoms with Gasteiger partial charge in [-0.1, -0.05) is 0 Å². The van der Waals surface area contributed by atoms with Crippen molar-refractivity contribution in [3.8, 4) is 0 Å². The third kappa shape index (κ3) is 5.52. The fraction of sp³-hybridized carbons (Fsp3) is 0.583. The van der Waals surface area contributed by atoms with Crippen LogP contribution in [0, 0.1) is 0 Å². The molecule has 0 spiro atoms. The number of nitrogen functional groups attached to an aromatic ring is 1. The summed E-state index contributed by atoms with van der Waals surface area (Å²) in [5.41, 5.74) is 10.4. The van der Waals surface area contributed by atoms with E-state index < -0.39 is 5.54 Å². The van der Waals surface area contributed by atoms with Crippen molar-refractivity contribution in [2.24, 2.45) is 5.73 Å². The smallest absolute Gasteiger partial charge is 0.219 e. The first-order valence-electron chi connectivity index (χ1n) is 6.10. The molecule has 0 aliphatic rings. The number of nitrogens with two attached hydrogens (primary N) is 2. The van der Waals surface area contributed by atoms with Crippen LogP contribution in [0.25, 0.3) is 0 Å². The number of hydrogen-bond donors (Lipinski definition) is 3. The van der Waals surface area contributed by atoms with E-state index in [0.717, 1.165) is 0 Å². The van der Waals surface area contributed by atoms with E-state index in [1.165, 1.54) is 0 Å². The van der Waals surface area contributed by atoms with Crippen molar-refractivity contribution in [1.29, 1.82) is 0 Å². The molecule has 1 amide bonds. The molecule has 0 aliphatic carbocycles. The minimum absolute atomic E-state index is 0.192. The van der Waals surface area contributed by atoms with Gasteiger partial charge in [0.05, 0.1) is 0 Å². The minimum atomic E-state index is -0.504. The fourth-order valence-electron chi connectivity index (χ4n) is 1.67. The molecule has 1 heterocycles. The average molecular weight is 267 g/mol. The van der Waals surface area contributed by atoms with E-state index in [1.54, 1.807) is 6.07 Å². The molecule has 0 unspecified atom stereocenters. The summed E-state index contributed by atoms with van der Waals surface area (Å²) >= 11 is 0. The molecule has 1 aromatic rings.